The Morgan fingerprint density at radius 2 is 1.68 bits per heavy atom. The molecule has 3 amide bonds. The molecule has 1 heterocycles. The van der Waals surface area contributed by atoms with Crippen molar-refractivity contribution in [3.05, 3.63) is 64.7 Å². The standard InChI is InChI=1S/C31H38ClN3O6/c1-31(2,3)41-30(40)33-18-19-9-11-21(12-10-19)28(37)35-16-15-23(20-7-5-4-6-8-20)26(35)27(36)34-22-13-14-24(29(38)39)25(32)17-22/h4-8,13-14,17,19,21,23,26H,9-12,15-16,18H2,1-3H3,(H,33,40)(H,34,36)(H,38,39)/t19-,21-,23-,26-/m0/s1. The number of carboxylic acids is 1. The molecule has 3 N–H and O–H groups in total. The van der Waals surface area contributed by atoms with E-state index < -0.39 is 23.7 Å². The summed E-state index contributed by atoms with van der Waals surface area (Å²) in [6.07, 6.45) is 3.19. The lowest BCUT2D eigenvalue weighted by Gasteiger charge is -2.34. The van der Waals surface area contributed by atoms with Crippen molar-refractivity contribution in [1.82, 2.24) is 10.2 Å². The van der Waals surface area contributed by atoms with Gasteiger partial charge in [-0.1, -0.05) is 41.9 Å². The summed E-state index contributed by atoms with van der Waals surface area (Å²) in [5.74, 6) is -1.62. The Morgan fingerprint density at radius 1 is 1.00 bits per heavy atom. The molecule has 0 radical (unpaired) electrons. The number of hydrogen-bond acceptors (Lipinski definition) is 5. The predicted molar refractivity (Wildman–Crippen MR) is 156 cm³/mol. The number of likely N-dealkylation sites (tertiary alicyclic amines) is 1. The van der Waals surface area contributed by atoms with Crippen LogP contribution in [-0.2, 0) is 14.3 Å². The summed E-state index contributed by atoms with van der Waals surface area (Å²) in [6, 6.07) is 13.3. The molecular formula is C31H38ClN3O6. The Labute approximate surface area is 245 Å². The van der Waals surface area contributed by atoms with Crippen molar-refractivity contribution in [3.63, 3.8) is 0 Å². The number of carbonyl (C=O) groups excluding carboxylic acids is 3. The number of aromatic carboxylic acids is 1. The number of amides is 3. The van der Waals surface area contributed by atoms with Crippen LogP contribution in [-0.4, -0.2) is 58.6 Å². The molecule has 41 heavy (non-hydrogen) atoms. The van der Waals surface area contributed by atoms with E-state index in [2.05, 4.69) is 10.6 Å². The molecule has 1 saturated carbocycles. The van der Waals surface area contributed by atoms with Crippen molar-refractivity contribution in [2.45, 2.75) is 70.4 Å². The monoisotopic (exact) mass is 583 g/mol. The molecule has 0 aromatic heterocycles. The number of carbonyl (C=O) groups is 4. The molecule has 0 unspecified atom stereocenters. The molecule has 2 aromatic carbocycles. The van der Waals surface area contributed by atoms with E-state index in [1.807, 2.05) is 51.1 Å². The second kappa shape index (κ2) is 12.9. The van der Waals surface area contributed by atoms with Crippen LogP contribution in [0.4, 0.5) is 10.5 Å². The number of ether oxygens (including phenoxy) is 1. The average Bonchev–Trinajstić information content (AvgIpc) is 3.37. The summed E-state index contributed by atoms with van der Waals surface area (Å²) in [6.45, 7) is 6.44. The van der Waals surface area contributed by atoms with Crippen LogP contribution in [0.1, 0.15) is 74.7 Å². The van der Waals surface area contributed by atoms with Gasteiger partial charge in [-0.25, -0.2) is 9.59 Å². The SMILES string of the molecule is CC(C)(C)OC(=O)NC[C@H]1CC[C@H](C(=O)N2CC[C@@H](c3ccccc3)[C@H]2C(=O)Nc2ccc(C(=O)O)c(Cl)c2)CC1. The molecule has 2 atom stereocenters. The second-order valence-corrected chi connectivity index (χ2v) is 12.3. The Kier molecular flexibility index (Phi) is 9.58. The summed E-state index contributed by atoms with van der Waals surface area (Å²) >= 11 is 6.13. The van der Waals surface area contributed by atoms with E-state index in [1.54, 1.807) is 4.90 Å². The minimum absolute atomic E-state index is 0.0205. The topological polar surface area (TPSA) is 125 Å². The average molecular weight is 584 g/mol. The van der Waals surface area contributed by atoms with Crippen LogP contribution in [0, 0.1) is 11.8 Å². The van der Waals surface area contributed by atoms with Crippen molar-refractivity contribution in [2.75, 3.05) is 18.4 Å². The van der Waals surface area contributed by atoms with E-state index in [0.717, 1.165) is 18.4 Å². The molecular weight excluding hydrogens is 546 g/mol. The first-order chi connectivity index (χ1) is 19.4. The largest absolute Gasteiger partial charge is 0.478 e. The summed E-state index contributed by atoms with van der Waals surface area (Å²) in [5, 5.41) is 15.0. The zero-order valence-corrected chi connectivity index (χ0v) is 24.4. The van der Waals surface area contributed by atoms with E-state index in [-0.39, 0.29) is 40.2 Å². The smallest absolute Gasteiger partial charge is 0.407 e. The van der Waals surface area contributed by atoms with Gasteiger partial charge in [0.25, 0.3) is 0 Å². The Balaban J connectivity index is 1.43. The molecule has 4 rings (SSSR count). The molecule has 0 bridgehead atoms. The Morgan fingerprint density at radius 3 is 2.29 bits per heavy atom. The van der Waals surface area contributed by atoms with E-state index in [0.29, 0.717) is 38.0 Å². The van der Waals surface area contributed by atoms with E-state index >= 15 is 0 Å². The number of rotatable bonds is 7. The van der Waals surface area contributed by atoms with E-state index in [4.69, 9.17) is 16.3 Å². The van der Waals surface area contributed by atoms with Crippen molar-refractivity contribution in [1.29, 1.82) is 0 Å². The zero-order valence-electron chi connectivity index (χ0n) is 23.7. The number of hydrogen-bond donors (Lipinski definition) is 3. The van der Waals surface area contributed by atoms with Gasteiger partial charge in [0, 0.05) is 30.6 Å². The van der Waals surface area contributed by atoms with Gasteiger partial charge in [0.1, 0.15) is 11.6 Å². The lowest BCUT2D eigenvalue weighted by atomic mass is 9.81. The van der Waals surface area contributed by atoms with Gasteiger partial charge < -0.3 is 25.4 Å². The van der Waals surface area contributed by atoms with Gasteiger partial charge in [0.05, 0.1) is 10.6 Å². The highest BCUT2D eigenvalue weighted by molar-refractivity contribution is 6.33. The molecule has 0 spiro atoms. The number of alkyl carbamates (subject to hydrolysis) is 1. The van der Waals surface area contributed by atoms with Gasteiger partial charge in [0.2, 0.25) is 11.8 Å². The molecule has 1 aliphatic carbocycles. The number of nitrogens with one attached hydrogen (secondary N) is 2. The second-order valence-electron chi connectivity index (χ2n) is 11.9. The molecule has 2 aliphatic rings. The molecule has 1 aliphatic heterocycles. The lowest BCUT2D eigenvalue weighted by molar-refractivity contribution is -0.141. The third-order valence-electron chi connectivity index (χ3n) is 7.77. The summed E-state index contributed by atoms with van der Waals surface area (Å²) in [4.78, 5) is 52.6. The summed E-state index contributed by atoms with van der Waals surface area (Å²) in [7, 11) is 0. The number of nitrogens with zero attached hydrogens (tertiary/aromatic N) is 1. The van der Waals surface area contributed by atoms with Crippen molar-refractivity contribution < 1.29 is 29.0 Å². The number of anilines is 1. The van der Waals surface area contributed by atoms with Gasteiger partial charge in [-0.15, -0.1) is 0 Å². The van der Waals surface area contributed by atoms with Gasteiger partial charge in [-0.2, -0.15) is 0 Å². The third-order valence-corrected chi connectivity index (χ3v) is 8.09. The van der Waals surface area contributed by atoms with E-state index in [1.165, 1.54) is 18.2 Å². The zero-order chi connectivity index (χ0) is 29.7. The fraction of sp³-hybridized carbons (Fsp3) is 0.484. The summed E-state index contributed by atoms with van der Waals surface area (Å²) in [5.41, 5.74) is 0.744. The molecule has 9 nitrogen and oxygen atoms in total. The fourth-order valence-corrected chi connectivity index (χ4v) is 6.05. The molecule has 10 heteroatoms. The highest BCUT2D eigenvalue weighted by Gasteiger charge is 2.44. The Hall–Kier alpha value is -3.59. The number of benzene rings is 2. The fourth-order valence-electron chi connectivity index (χ4n) is 5.79. The first kappa shape index (κ1) is 30.4. The quantitative estimate of drug-likeness (QED) is 0.384. The maximum atomic E-state index is 13.8. The van der Waals surface area contributed by atoms with Crippen LogP contribution >= 0.6 is 11.6 Å². The first-order valence-electron chi connectivity index (χ1n) is 14.1. The minimum atomic E-state index is -1.15. The van der Waals surface area contributed by atoms with Crippen LogP contribution in [0.15, 0.2) is 48.5 Å². The molecule has 1 saturated heterocycles. The van der Waals surface area contributed by atoms with Gasteiger partial charge >= 0.3 is 12.1 Å². The Bertz CT molecular complexity index is 1270. The highest BCUT2D eigenvalue weighted by Crippen LogP contribution is 2.38. The maximum Gasteiger partial charge on any atom is 0.407 e. The molecule has 2 aromatic rings. The number of carboxylic acid groups (broad SMARTS) is 1. The van der Waals surface area contributed by atoms with Crippen molar-refractivity contribution in [3.8, 4) is 0 Å². The maximum absolute atomic E-state index is 13.8. The van der Waals surface area contributed by atoms with Crippen LogP contribution in [0.5, 0.6) is 0 Å². The van der Waals surface area contributed by atoms with Crippen LogP contribution < -0.4 is 10.6 Å². The predicted octanol–water partition coefficient (Wildman–Crippen LogP) is 5.69. The van der Waals surface area contributed by atoms with Gasteiger partial charge in [0.15, 0.2) is 0 Å². The lowest BCUT2D eigenvalue weighted by Crippen LogP contribution is -2.48. The highest BCUT2D eigenvalue weighted by atomic mass is 35.5. The minimum Gasteiger partial charge on any atom is -0.478 e. The van der Waals surface area contributed by atoms with Crippen LogP contribution in [0.3, 0.4) is 0 Å². The van der Waals surface area contributed by atoms with Crippen LogP contribution in [0.25, 0.3) is 0 Å². The van der Waals surface area contributed by atoms with Gasteiger partial charge in [-0.3, -0.25) is 9.59 Å². The third kappa shape index (κ3) is 7.79. The number of halogens is 1. The molecule has 220 valence electrons. The van der Waals surface area contributed by atoms with Crippen LogP contribution in [0.2, 0.25) is 5.02 Å². The van der Waals surface area contributed by atoms with E-state index in [9.17, 15) is 24.3 Å². The van der Waals surface area contributed by atoms with Crippen molar-refractivity contribution in [2.24, 2.45) is 11.8 Å². The van der Waals surface area contributed by atoms with Gasteiger partial charge in [-0.05, 0) is 82.6 Å². The summed E-state index contributed by atoms with van der Waals surface area (Å²) < 4.78 is 5.32. The molecule has 2 fully saturated rings. The first-order valence-corrected chi connectivity index (χ1v) is 14.5. The normalized spacial score (nSPS) is 22.6. The van der Waals surface area contributed by atoms with Crippen molar-refractivity contribution >= 4 is 41.2 Å².